The van der Waals surface area contributed by atoms with Gasteiger partial charge in [-0.05, 0) is 0 Å². The standard InChI is InChI=1S/C27H29.C26H27.2CH3.2ClH.H2Si.Zr/c1-2-18-13-23-4-3-5-25(26(23)14-18)22-6-8-24(9-7-22)27-15-19-10-20(16-27)12-21(11-19)17-27;1-17-9-22-3-2-4-24(25(22)10-17)21-5-7-23(8-6-21)26-14-18-11-19(15-26)13-20(12-18)16-26;;;;;;/h3-9,13-14,19-21H,2,10-12,15-17H2,1H3;2-10,18-20H,11-16H2,1H3;2*1H3;2*1H;1H2;. The van der Waals surface area contributed by atoms with Gasteiger partial charge in [0.25, 0.3) is 0 Å². The molecular formula is C55H66Cl2SiZr. The molecule has 10 aliphatic carbocycles. The number of fused-ring (bicyclic) bond motifs is 2. The first-order valence-corrected chi connectivity index (χ1v) is 37.1. The number of hydrogen-bond acceptors (Lipinski definition) is 0. The van der Waals surface area contributed by atoms with Gasteiger partial charge in [0.2, 0.25) is 0 Å². The van der Waals surface area contributed by atoms with Gasteiger partial charge in [-0.2, -0.15) is 0 Å². The van der Waals surface area contributed by atoms with E-state index in [1.54, 1.807) is 33.4 Å². The zero-order valence-corrected chi connectivity index (χ0v) is 41.6. The number of hydrogen-bond donors (Lipinski definition) is 0. The molecule has 10 aliphatic rings. The molecule has 0 heterocycles. The molecule has 0 aromatic heterocycles. The smallest absolute Gasteiger partial charge is 0.147 e. The number of rotatable bonds is 7. The first-order valence-electron chi connectivity index (χ1n) is 23.4. The van der Waals surface area contributed by atoms with Crippen LogP contribution in [0, 0.1) is 35.5 Å². The van der Waals surface area contributed by atoms with Crippen molar-refractivity contribution in [2.24, 2.45) is 35.5 Å². The van der Waals surface area contributed by atoms with Crippen LogP contribution in [0.15, 0.2) is 96.1 Å². The van der Waals surface area contributed by atoms with Crippen LogP contribution in [0.5, 0.6) is 0 Å². The van der Waals surface area contributed by atoms with Crippen molar-refractivity contribution < 1.29 is 17.4 Å². The molecule has 0 spiro atoms. The summed E-state index contributed by atoms with van der Waals surface area (Å²) in [5.41, 5.74) is 19.5. The van der Waals surface area contributed by atoms with Crippen LogP contribution in [-0.4, -0.2) is 6.88 Å². The molecular weight excluding hydrogens is 851 g/mol. The summed E-state index contributed by atoms with van der Waals surface area (Å²) in [6.07, 6.45) is 24.1. The third kappa shape index (κ3) is 6.23. The molecule has 8 fully saturated rings. The maximum Gasteiger partial charge on any atom is -0.147 e. The van der Waals surface area contributed by atoms with Crippen molar-refractivity contribution in [1.29, 1.82) is 0 Å². The van der Waals surface area contributed by atoms with Crippen molar-refractivity contribution in [1.82, 2.24) is 0 Å². The van der Waals surface area contributed by atoms with Crippen molar-refractivity contribution in [2.75, 3.05) is 0 Å². The van der Waals surface area contributed by atoms with E-state index in [2.05, 4.69) is 127 Å². The predicted octanol–water partition coefficient (Wildman–Crippen LogP) is 15.1. The Hall–Kier alpha value is -1.96. The van der Waals surface area contributed by atoms with Crippen LogP contribution in [0.25, 0.3) is 34.4 Å². The fourth-order valence-corrected chi connectivity index (χ4v) is 38.0. The van der Waals surface area contributed by atoms with E-state index in [0.29, 0.717) is 18.1 Å². The minimum Gasteiger partial charge on any atom is -0.147 e. The monoisotopic (exact) mass is 914 g/mol. The van der Waals surface area contributed by atoms with Crippen molar-refractivity contribution in [2.45, 2.75) is 125 Å². The van der Waals surface area contributed by atoms with Gasteiger partial charge >= 0.3 is 348 Å². The van der Waals surface area contributed by atoms with Gasteiger partial charge in [0.05, 0.1) is 0 Å². The molecule has 8 bridgehead atoms. The van der Waals surface area contributed by atoms with E-state index in [1.807, 2.05) is 0 Å². The quantitative estimate of drug-likeness (QED) is 0.162. The second-order valence-corrected chi connectivity index (χ2v) is 53.4. The molecule has 0 nitrogen and oxygen atoms in total. The Kier molecular flexibility index (Phi) is 9.94. The van der Waals surface area contributed by atoms with Crippen LogP contribution in [0.3, 0.4) is 0 Å². The van der Waals surface area contributed by atoms with Gasteiger partial charge in [-0.25, -0.2) is 0 Å². The Bertz CT molecular complexity index is 2390. The predicted molar refractivity (Wildman–Crippen MR) is 256 cm³/mol. The SMILES string of the molecule is CCC1=Cc2c(-c3ccc(C45CC6CC(CC(C6)C4)C5)cc3)cccc2[CH]1[Zr]([CH3])([CH3])(=[SiH2])[CH]1C(C)=Cc2c(-c3ccc(C45CC6CC(CC(C6)C4)C5)cc3)cccc21.Cl.Cl. The van der Waals surface area contributed by atoms with Gasteiger partial charge in [0.15, 0.2) is 0 Å². The Balaban J connectivity index is 0.00000210. The van der Waals surface area contributed by atoms with Crippen LogP contribution in [-0.2, 0) is 28.2 Å². The van der Waals surface area contributed by atoms with Crippen molar-refractivity contribution >= 4 is 43.8 Å². The normalized spacial score (nSPS) is 34.5. The summed E-state index contributed by atoms with van der Waals surface area (Å²) in [5, 5.41) is 0. The van der Waals surface area contributed by atoms with Gasteiger partial charge in [-0.3, -0.25) is 0 Å². The summed E-state index contributed by atoms with van der Waals surface area (Å²) in [5.74, 6) is 5.91. The second kappa shape index (κ2) is 14.3. The fraction of sp³-hybridized carbons (Fsp3) is 0.491. The van der Waals surface area contributed by atoms with E-state index < -0.39 is 17.4 Å². The van der Waals surface area contributed by atoms with Crippen molar-refractivity contribution in [3.8, 4) is 22.3 Å². The van der Waals surface area contributed by atoms with Crippen LogP contribution in [0.2, 0.25) is 9.26 Å². The summed E-state index contributed by atoms with van der Waals surface area (Å²) in [6, 6.07) is 34.9. The molecule has 4 aromatic rings. The van der Waals surface area contributed by atoms with Crippen LogP contribution in [0.1, 0.15) is 138 Å². The van der Waals surface area contributed by atoms with E-state index in [9.17, 15) is 0 Å². The molecule has 4 heteroatoms. The summed E-state index contributed by atoms with van der Waals surface area (Å²) in [4.78, 5) is 0. The van der Waals surface area contributed by atoms with E-state index in [-0.39, 0.29) is 24.8 Å². The van der Waals surface area contributed by atoms with Gasteiger partial charge in [0.1, 0.15) is 0 Å². The summed E-state index contributed by atoms with van der Waals surface area (Å²) < 4.78 is 6.73. The average molecular weight is 917 g/mol. The molecule has 8 saturated carbocycles. The third-order valence-corrected chi connectivity index (χ3v) is 36.1. The molecule has 0 aliphatic heterocycles. The number of halogens is 2. The largest absolute Gasteiger partial charge is 0.147 e. The maximum atomic E-state index is 2.82. The Morgan fingerprint density at radius 3 is 1.29 bits per heavy atom. The van der Waals surface area contributed by atoms with Crippen LogP contribution >= 0.6 is 24.8 Å². The number of allylic oxidation sites excluding steroid dienone is 2. The molecule has 4 aromatic carbocycles. The number of benzene rings is 4. The summed E-state index contributed by atoms with van der Waals surface area (Å²) in [7, 11) is 0. The zero-order valence-electron chi connectivity index (χ0n) is 36.1. The first-order chi connectivity index (χ1) is 27.5. The molecule has 59 heavy (non-hydrogen) atoms. The fourth-order valence-electron chi connectivity index (χ4n) is 17.3. The maximum absolute atomic E-state index is 3.67. The molecule has 0 saturated heterocycles. The van der Waals surface area contributed by atoms with Crippen LogP contribution in [0.4, 0.5) is 0 Å². The molecule has 14 rings (SSSR count). The third-order valence-electron chi connectivity index (χ3n) is 18.4. The molecule has 2 unspecified atom stereocenters. The first kappa shape index (κ1) is 41.1. The van der Waals surface area contributed by atoms with Crippen LogP contribution < -0.4 is 0 Å². The minimum absolute atomic E-state index is 0. The van der Waals surface area contributed by atoms with Gasteiger partial charge < -0.3 is 0 Å². The van der Waals surface area contributed by atoms with Gasteiger partial charge in [0, 0.05) is 0 Å². The second-order valence-electron chi connectivity index (χ2n) is 22.9. The molecule has 2 atom stereocenters. The Morgan fingerprint density at radius 1 is 0.525 bits per heavy atom. The van der Waals surface area contributed by atoms with E-state index in [0.717, 1.165) is 41.9 Å². The molecule has 0 N–H and O–H groups in total. The molecule has 0 radical (unpaired) electrons. The Labute approximate surface area is 370 Å². The van der Waals surface area contributed by atoms with E-state index in [4.69, 9.17) is 0 Å². The molecule has 308 valence electrons. The minimum atomic E-state index is -3.67. The zero-order chi connectivity index (χ0) is 38.5. The van der Waals surface area contributed by atoms with Crippen molar-refractivity contribution in [3.63, 3.8) is 0 Å². The van der Waals surface area contributed by atoms with E-state index in [1.165, 1.54) is 110 Å². The van der Waals surface area contributed by atoms with E-state index >= 15 is 0 Å². The average Bonchev–Trinajstić information content (AvgIpc) is 3.76. The topological polar surface area (TPSA) is 0 Å². The summed E-state index contributed by atoms with van der Waals surface area (Å²) >= 11 is -3.67. The van der Waals surface area contributed by atoms with Crippen molar-refractivity contribution in [3.05, 3.63) is 129 Å². The summed E-state index contributed by atoms with van der Waals surface area (Å²) in [6.45, 7) is 7.41. The van der Waals surface area contributed by atoms with Gasteiger partial charge in [-0.1, -0.05) is 0 Å². The Morgan fingerprint density at radius 2 is 0.898 bits per heavy atom. The van der Waals surface area contributed by atoms with Gasteiger partial charge in [-0.15, -0.1) is 24.8 Å². The molecule has 0 amide bonds.